The van der Waals surface area contributed by atoms with Crippen molar-refractivity contribution in [2.45, 2.75) is 43.7 Å². The molecular formula is C12H22BrN5. The van der Waals surface area contributed by atoms with Gasteiger partial charge in [0.15, 0.2) is 4.60 Å². The molecule has 1 heterocycles. The van der Waals surface area contributed by atoms with Gasteiger partial charge in [-0.05, 0) is 42.9 Å². The molecule has 1 aliphatic carbocycles. The molecule has 5 nitrogen and oxygen atoms in total. The summed E-state index contributed by atoms with van der Waals surface area (Å²) in [6, 6.07) is -0.0674. The molecule has 1 atom stereocenters. The second-order valence-electron chi connectivity index (χ2n) is 5.43. The van der Waals surface area contributed by atoms with Crippen molar-refractivity contribution in [3.8, 4) is 0 Å². The van der Waals surface area contributed by atoms with E-state index in [2.05, 4.69) is 45.2 Å². The van der Waals surface area contributed by atoms with E-state index in [9.17, 15) is 0 Å². The zero-order valence-electron chi connectivity index (χ0n) is 11.4. The first kappa shape index (κ1) is 14.0. The van der Waals surface area contributed by atoms with Crippen molar-refractivity contribution in [1.29, 1.82) is 0 Å². The minimum absolute atomic E-state index is 0.0241. The maximum atomic E-state index is 6.58. The molecule has 1 fully saturated rings. The number of aromatic nitrogens is 3. The van der Waals surface area contributed by atoms with Crippen molar-refractivity contribution in [2.24, 2.45) is 12.8 Å². The van der Waals surface area contributed by atoms with Crippen LogP contribution in [0.1, 0.15) is 43.8 Å². The van der Waals surface area contributed by atoms with Gasteiger partial charge in [0.25, 0.3) is 0 Å². The average Bonchev–Trinajstić information content (AvgIpc) is 2.69. The van der Waals surface area contributed by atoms with Crippen molar-refractivity contribution in [3.05, 3.63) is 10.3 Å². The summed E-state index contributed by atoms with van der Waals surface area (Å²) in [5.41, 5.74) is 7.59. The van der Waals surface area contributed by atoms with Gasteiger partial charge in [-0.25, -0.2) is 4.68 Å². The van der Waals surface area contributed by atoms with Crippen LogP contribution in [0.2, 0.25) is 0 Å². The molecule has 0 amide bonds. The molecule has 1 aliphatic rings. The zero-order chi connectivity index (χ0) is 13.3. The van der Waals surface area contributed by atoms with Crippen LogP contribution in [0.4, 0.5) is 0 Å². The van der Waals surface area contributed by atoms with E-state index in [1.807, 2.05) is 7.05 Å². The van der Waals surface area contributed by atoms with Crippen LogP contribution in [0.25, 0.3) is 0 Å². The summed E-state index contributed by atoms with van der Waals surface area (Å²) in [4.78, 5) is 2.29. The highest BCUT2D eigenvalue weighted by atomic mass is 79.9. The molecule has 0 bridgehead atoms. The predicted molar refractivity (Wildman–Crippen MR) is 75.1 cm³/mol. The first-order chi connectivity index (χ1) is 8.49. The topological polar surface area (TPSA) is 60.0 Å². The Bertz CT molecular complexity index is 389. The SMILES string of the molecule is CN(C)C1(C(N)c2c(Br)nnn2C)CCCCC1. The number of hydrogen-bond acceptors (Lipinski definition) is 4. The summed E-state index contributed by atoms with van der Waals surface area (Å²) in [6.45, 7) is 0. The van der Waals surface area contributed by atoms with Crippen LogP contribution in [0, 0.1) is 0 Å². The van der Waals surface area contributed by atoms with E-state index >= 15 is 0 Å². The number of hydrogen-bond donors (Lipinski definition) is 1. The fraction of sp³-hybridized carbons (Fsp3) is 0.833. The lowest BCUT2D eigenvalue weighted by Gasteiger charge is -2.47. The van der Waals surface area contributed by atoms with Crippen LogP contribution in [0.3, 0.4) is 0 Å². The molecule has 0 aliphatic heterocycles. The summed E-state index contributed by atoms with van der Waals surface area (Å²) in [7, 11) is 6.16. The van der Waals surface area contributed by atoms with Gasteiger partial charge in [-0.1, -0.05) is 24.5 Å². The number of aryl methyl sites for hydroxylation is 1. The average molecular weight is 316 g/mol. The first-order valence-corrected chi connectivity index (χ1v) is 7.26. The Morgan fingerprint density at radius 1 is 1.33 bits per heavy atom. The third-order valence-corrected chi connectivity index (χ3v) is 4.88. The Hall–Kier alpha value is -0.460. The Morgan fingerprint density at radius 3 is 2.39 bits per heavy atom. The van der Waals surface area contributed by atoms with Gasteiger partial charge in [0.2, 0.25) is 0 Å². The Kier molecular flexibility index (Phi) is 4.08. The van der Waals surface area contributed by atoms with Crippen molar-refractivity contribution in [1.82, 2.24) is 19.9 Å². The van der Waals surface area contributed by atoms with Crippen LogP contribution in [0.15, 0.2) is 4.60 Å². The fourth-order valence-electron chi connectivity index (χ4n) is 3.12. The number of rotatable bonds is 3. The molecular weight excluding hydrogens is 294 g/mol. The second kappa shape index (κ2) is 5.27. The van der Waals surface area contributed by atoms with Gasteiger partial charge in [0.1, 0.15) is 0 Å². The van der Waals surface area contributed by atoms with Gasteiger partial charge in [-0.15, -0.1) is 5.10 Å². The van der Waals surface area contributed by atoms with Gasteiger partial charge in [-0.2, -0.15) is 0 Å². The van der Waals surface area contributed by atoms with Gasteiger partial charge in [0, 0.05) is 12.6 Å². The third kappa shape index (κ3) is 2.21. The van der Waals surface area contributed by atoms with E-state index in [0.29, 0.717) is 0 Å². The molecule has 1 aromatic heterocycles. The highest BCUT2D eigenvalue weighted by Gasteiger charge is 2.42. The molecule has 2 N–H and O–H groups in total. The molecule has 102 valence electrons. The van der Waals surface area contributed by atoms with Crippen LogP contribution in [-0.2, 0) is 7.05 Å². The molecule has 0 aromatic carbocycles. The molecule has 0 spiro atoms. The molecule has 2 rings (SSSR count). The molecule has 0 saturated heterocycles. The van der Waals surface area contributed by atoms with Gasteiger partial charge in [-0.3, -0.25) is 0 Å². The van der Waals surface area contributed by atoms with Gasteiger partial charge >= 0.3 is 0 Å². The van der Waals surface area contributed by atoms with Crippen molar-refractivity contribution in [3.63, 3.8) is 0 Å². The lowest BCUT2D eigenvalue weighted by atomic mass is 9.74. The minimum atomic E-state index is -0.0674. The molecule has 1 saturated carbocycles. The highest BCUT2D eigenvalue weighted by molar-refractivity contribution is 9.10. The number of likely N-dealkylation sites (N-methyl/N-ethyl adjacent to an activating group) is 1. The second-order valence-corrected chi connectivity index (χ2v) is 6.18. The summed E-state index contributed by atoms with van der Waals surface area (Å²) < 4.78 is 2.55. The van der Waals surface area contributed by atoms with Crippen LogP contribution >= 0.6 is 15.9 Å². The van der Waals surface area contributed by atoms with E-state index in [0.717, 1.165) is 23.1 Å². The Labute approximate surface area is 117 Å². The van der Waals surface area contributed by atoms with E-state index in [1.54, 1.807) is 4.68 Å². The van der Waals surface area contributed by atoms with E-state index < -0.39 is 0 Å². The number of nitrogens with zero attached hydrogens (tertiary/aromatic N) is 4. The molecule has 1 unspecified atom stereocenters. The smallest absolute Gasteiger partial charge is 0.153 e. The molecule has 1 aromatic rings. The first-order valence-electron chi connectivity index (χ1n) is 6.47. The normalized spacial score (nSPS) is 21.2. The maximum Gasteiger partial charge on any atom is 0.153 e. The van der Waals surface area contributed by atoms with Crippen LogP contribution < -0.4 is 5.73 Å². The lowest BCUT2D eigenvalue weighted by molar-refractivity contribution is 0.0683. The fourth-order valence-corrected chi connectivity index (χ4v) is 3.70. The monoisotopic (exact) mass is 315 g/mol. The molecule has 0 radical (unpaired) electrons. The lowest BCUT2D eigenvalue weighted by Crippen LogP contribution is -2.54. The minimum Gasteiger partial charge on any atom is -0.321 e. The Morgan fingerprint density at radius 2 is 1.94 bits per heavy atom. The van der Waals surface area contributed by atoms with E-state index in [-0.39, 0.29) is 11.6 Å². The highest BCUT2D eigenvalue weighted by Crippen LogP contribution is 2.41. The quantitative estimate of drug-likeness (QED) is 0.924. The van der Waals surface area contributed by atoms with Crippen molar-refractivity contribution >= 4 is 15.9 Å². The van der Waals surface area contributed by atoms with Gasteiger partial charge in [0.05, 0.1) is 11.7 Å². The zero-order valence-corrected chi connectivity index (χ0v) is 12.9. The maximum absolute atomic E-state index is 6.58. The molecule has 6 heteroatoms. The van der Waals surface area contributed by atoms with E-state index in [4.69, 9.17) is 5.73 Å². The summed E-state index contributed by atoms with van der Waals surface area (Å²) in [5.74, 6) is 0. The van der Waals surface area contributed by atoms with Gasteiger partial charge < -0.3 is 10.6 Å². The number of halogens is 1. The third-order valence-electron chi connectivity index (χ3n) is 4.31. The summed E-state index contributed by atoms with van der Waals surface area (Å²) in [5, 5.41) is 8.10. The van der Waals surface area contributed by atoms with Crippen molar-refractivity contribution in [2.75, 3.05) is 14.1 Å². The summed E-state index contributed by atoms with van der Waals surface area (Å²) >= 11 is 3.46. The van der Waals surface area contributed by atoms with Crippen LogP contribution in [-0.4, -0.2) is 39.5 Å². The van der Waals surface area contributed by atoms with Crippen LogP contribution in [0.5, 0.6) is 0 Å². The standard InChI is InChI=1S/C12H22BrN5/c1-17(2)12(7-5-4-6-8-12)10(14)9-11(13)15-16-18(9)3/h10H,4-8,14H2,1-3H3. The Balaban J connectivity index is 2.37. The predicted octanol–water partition coefficient (Wildman–Crippen LogP) is 1.84. The van der Waals surface area contributed by atoms with E-state index in [1.165, 1.54) is 19.3 Å². The molecule has 18 heavy (non-hydrogen) atoms. The van der Waals surface area contributed by atoms with Crippen molar-refractivity contribution < 1.29 is 0 Å². The number of nitrogens with two attached hydrogens (primary N) is 1. The largest absolute Gasteiger partial charge is 0.321 e. The summed E-state index contributed by atoms with van der Waals surface area (Å²) in [6.07, 6.45) is 6.08.